The predicted octanol–water partition coefficient (Wildman–Crippen LogP) is -2.61. The molecule has 44 valence electrons. The summed E-state index contributed by atoms with van der Waals surface area (Å²) in [7, 11) is 0. The van der Waals surface area contributed by atoms with Crippen LogP contribution in [0.4, 0.5) is 0 Å². The van der Waals surface area contributed by atoms with Gasteiger partial charge in [0.15, 0.2) is 0 Å². The van der Waals surface area contributed by atoms with E-state index in [9.17, 15) is 4.79 Å². The Morgan fingerprint density at radius 3 is 2.67 bits per heavy atom. The van der Waals surface area contributed by atoms with E-state index >= 15 is 0 Å². The Bertz CT molecular complexity index is 132. The second-order valence-electron chi connectivity index (χ2n) is 1.02. The van der Waals surface area contributed by atoms with Crippen molar-refractivity contribution >= 4 is 5.97 Å². The minimum atomic E-state index is -0.512. The third-order valence-electron chi connectivity index (χ3n) is 0.466. The van der Waals surface area contributed by atoms with E-state index < -0.39 is 5.97 Å². The minimum Gasteiger partial charge on any atom is -0.471 e. The van der Waals surface area contributed by atoms with Gasteiger partial charge in [-0.25, -0.2) is 5.92 Å². The van der Waals surface area contributed by atoms with Crippen molar-refractivity contribution in [3.63, 3.8) is 0 Å². The summed E-state index contributed by atoms with van der Waals surface area (Å²) in [4.78, 5) is 10.2. The van der Waals surface area contributed by atoms with Gasteiger partial charge in [-0.3, -0.25) is 10.7 Å². The first-order chi connectivity index (χ1) is 3.81. The quantitative estimate of drug-likeness (QED) is 0.124. The third-order valence-corrected chi connectivity index (χ3v) is 0.466. The number of esters is 1. The van der Waals surface area contributed by atoms with Crippen molar-refractivity contribution in [1.29, 1.82) is 0 Å². The summed E-state index contributed by atoms with van der Waals surface area (Å²) in [6, 6.07) is 0. The second-order valence-corrected chi connectivity index (χ2v) is 1.02. The van der Waals surface area contributed by atoms with Crippen molar-refractivity contribution in [3.05, 3.63) is 6.92 Å². The van der Waals surface area contributed by atoms with Gasteiger partial charge < -0.3 is 4.74 Å². The summed E-state index contributed by atoms with van der Waals surface area (Å²) in [6.07, 6.45) is 0. The molecular weight excluding hydrogens is 111 g/mol. The van der Waals surface area contributed by atoms with Gasteiger partial charge >= 0.3 is 18.9 Å². The SMILES string of the molecule is [CH2-]C#CC(=O)OCC.[Li+]. The first-order valence-corrected chi connectivity index (χ1v) is 2.26. The monoisotopic (exact) mass is 118 g/mol. The summed E-state index contributed by atoms with van der Waals surface area (Å²) in [6.45, 7) is 5.24. The van der Waals surface area contributed by atoms with E-state index in [0.717, 1.165) is 0 Å². The Balaban J connectivity index is 0. The molecule has 0 atom stereocenters. The maximum atomic E-state index is 10.2. The van der Waals surface area contributed by atoms with Crippen molar-refractivity contribution in [2.75, 3.05) is 6.61 Å². The van der Waals surface area contributed by atoms with Crippen molar-refractivity contribution < 1.29 is 28.4 Å². The van der Waals surface area contributed by atoms with Gasteiger partial charge in [-0.05, 0) is 6.92 Å². The van der Waals surface area contributed by atoms with Crippen LogP contribution in [0.25, 0.3) is 0 Å². The zero-order chi connectivity index (χ0) is 6.41. The molecule has 0 unspecified atom stereocenters. The number of ether oxygens (including phenoxy) is 1. The summed E-state index contributed by atoms with van der Waals surface area (Å²) < 4.78 is 4.43. The van der Waals surface area contributed by atoms with Crippen LogP contribution in [0.2, 0.25) is 0 Å². The molecule has 0 aliphatic carbocycles. The molecule has 0 N–H and O–H groups in total. The van der Waals surface area contributed by atoms with Gasteiger partial charge in [-0.2, -0.15) is 6.92 Å². The van der Waals surface area contributed by atoms with Gasteiger partial charge in [0.05, 0.1) is 6.61 Å². The Morgan fingerprint density at radius 2 is 2.33 bits per heavy atom. The van der Waals surface area contributed by atoms with Gasteiger partial charge in [0.25, 0.3) is 5.97 Å². The average molecular weight is 118 g/mol. The van der Waals surface area contributed by atoms with Gasteiger partial charge in [0.1, 0.15) is 0 Å². The van der Waals surface area contributed by atoms with Crippen molar-refractivity contribution in [1.82, 2.24) is 0 Å². The minimum absolute atomic E-state index is 0. The smallest absolute Gasteiger partial charge is 0.471 e. The largest absolute Gasteiger partial charge is 1.00 e. The predicted molar refractivity (Wildman–Crippen MR) is 29.8 cm³/mol. The van der Waals surface area contributed by atoms with E-state index in [1.165, 1.54) is 0 Å². The summed E-state index contributed by atoms with van der Waals surface area (Å²) in [5, 5.41) is 0. The zero-order valence-electron chi connectivity index (χ0n) is 5.73. The first kappa shape index (κ1) is 11.3. The number of carbonyl (C=O) groups excluding carboxylic acids is 1. The molecule has 2 nitrogen and oxygen atoms in total. The molecule has 0 aromatic heterocycles. The number of rotatable bonds is 1. The van der Waals surface area contributed by atoms with E-state index in [0.29, 0.717) is 6.61 Å². The van der Waals surface area contributed by atoms with E-state index in [4.69, 9.17) is 0 Å². The molecule has 0 radical (unpaired) electrons. The molecule has 0 rings (SSSR count). The first-order valence-electron chi connectivity index (χ1n) is 2.26. The van der Waals surface area contributed by atoms with Crippen LogP contribution < -0.4 is 18.9 Å². The maximum Gasteiger partial charge on any atom is 1.00 e. The van der Waals surface area contributed by atoms with Crippen molar-refractivity contribution in [2.45, 2.75) is 6.92 Å². The molecule has 0 spiro atoms. The Hall–Kier alpha value is -0.503. The molecule has 0 bridgehead atoms. The topological polar surface area (TPSA) is 26.3 Å². The summed E-state index contributed by atoms with van der Waals surface area (Å²) >= 11 is 0. The number of hydrogen-bond donors (Lipinski definition) is 0. The van der Waals surface area contributed by atoms with Crippen LogP contribution in [0.5, 0.6) is 0 Å². The molecule has 0 saturated carbocycles. The summed E-state index contributed by atoms with van der Waals surface area (Å²) in [5.41, 5.74) is 0. The van der Waals surface area contributed by atoms with Crippen molar-refractivity contribution in [3.8, 4) is 11.8 Å². The van der Waals surface area contributed by atoms with Crippen LogP contribution in [-0.2, 0) is 9.53 Å². The van der Waals surface area contributed by atoms with Crippen LogP contribution in [0, 0.1) is 18.8 Å². The van der Waals surface area contributed by atoms with E-state index in [1.807, 2.05) is 0 Å². The average Bonchev–Trinajstić information content (AvgIpc) is 1.68. The standard InChI is InChI=1S/C6H7O2.Li/c1-3-5-6(7)8-4-2;/h1,4H2,2H3;/q-1;+1. The molecule has 9 heavy (non-hydrogen) atoms. The third kappa shape index (κ3) is 7.50. The van der Waals surface area contributed by atoms with Crippen molar-refractivity contribution in [2.24, 2.45) is 0 Å². The number of hydrogen-bond acceptors (Lipinski definition) is 2. The van der Waals surface area contributed by atoms with E-state index in [1.54, 1.807) is 6.92 Å². The molecule has 0 aliphatic rings. The molecule has 0 saturated heterocycles. The summed E-state index contributed by atoms with van der Waals surface area (Å²) in [5.74, 6) is 3.79. The molecule has 0 fully saturated rings. The zero-order valence-corrected chi connectivity index (χ0v) is 5.73. The Kier molecular flexibility index (Phi) is 9.43. The number of carbonyl (C=O) groups is 1. The van der Waals surface area contributed by atoms with Crippen LogP contribution in [0.1, 0.15) is 6.92 Å². The van der Waals surface area contributed by atoms with Gasteiger partial charge in [-0.15, -0.1) is 0 Å². The van der Waals surface area contributed by atoms with E-state index in [-0.39, 0.29) is 18.9 Å². The molecular formula is C6H7LiO2. The fourth-order valence-corrected chi connectivity index (χ4v) is 0.239. The normalized spacial score (nSPS) is 5.89. The maximum absolute atomic E-state index is 10.2. The van der Waals surface area contributed by atoms with Crippen LogP contribution >= 0.6 is 0 Å². The molecule has 0 aliphatic heterocycles. The molecule has 0 amide bonds. The van der Waals surface area contributed by atoms with Gasteiger partial charge in [0.2, 0.25) is 0 Å². The Labute approximate surface area is 67.1 Å². The van der Waals surface area contributed by atoms with Gasteiger partial charge in [0, 0.05) is 0 Å². The van der Waals surface area contributed by atoms with Gasteiger partial charge in [-0.1, -0.05) is 0 Å². The molecule has 0 aromatic carbocycles. The molecule has 0 heterocycles. The fraction of sp³-hybridized carbons (Fsp3) is 0.333. The van der Waals surface area contributed by atoms with Crippen LogP contribution in [0.15, 0.2) is 0 Å². The van der Waals surface area contributed by atoms with Crippen LogP contribution in [0.3, 0.4) is 0 Å². The fourth-order valence-electron chi connectivity index (χ4n) is 0.239. The Morgan fingerprint density at radius 1 is 1.78 bits per heavy atom. The van der Waals surface area contributed by atoms with Crippen LogP contribution in [-0.4, -0.2) is 12.6 Å². The second kappa shape index (κ2) is 7.50. The molecule has 3 heteroatoms. The van der Waals surface area contributed by atoms with E-state index in [2.05, 4.69) is 23.5 Å². The molecule has 0 aromatic rings.